The van der Waals surface area contributed by atoms with Gasteiger partial charge in [0.2, 0.25) is 0 Å². The van der Waals surface area contributed by atoms with Gasteiger partial charge in [-0.2, -0.15) is 0 Å². The molecule has 4 heteroatoms. The van der Waals surface area contributed by atoms with Gasteiger partial charge in [0.25, 0.3) is 0 Å². The molecule has 0 bridgehead atoms. The van der Waals surface area contributed by atoms with Gasteiger partial charge in [0.05, 0.1) is 5.69 Å². The SMILES string of the molecule is SOCc1nc(-c2ccccc2)cs1. The van der Waals surface area contributed by atoms with Crippen molar-refractivity contribution in [1.29, 1.82) is 0 Å². The van der Waals surface area contributed by atoms with Crippen molar-refractivity contribution in [1.82, 2.24) is 4.98 Å². The molecule has 0 atom stereocenters. The number of benzene rings is 1. The number of thiazole rings is 1. The summed E-state index contributed by atoms with van der Waals surface area (Å²) in [5, 5.41) is 2.97. The average Bonchev–Trinajstić information content (AvgIpc) is 2.68. The van der Waals surface area contributed by atoms with Crippen molar-refractivity contribution in [3.8, 4) is 11.3 Å². The van der Waals surface area contributed by atoms with Gasteiger partial charge in [-0.05, 0) is 12.9 Å². The molecule has 2 aromatic rings. The largest absolute Gasteiger partial charge is 0.311 e. The summed E-state index contributed by atoms with van der Waals surface area (Å²) in [5.74, 6) is 0. The first-order valence-electron chi connectivity index (χ1n) is 4.16. The summed E-state index contributed by atoms with van der Waals surface area (Å²) in [4.78, 5) is 4.41. The molecule has 0 N–H and O–H groups in total. The van der Waals surface area contributed by atoms with Gasteiger partial charge in [-0.15, -0.1) is 11.3 Å². The van der Waals surface area contributed by atoms with Crippen LogP contribution in [-0.2, 0) is 10.8 Å². The second-order valence-electron chi connectivity index (χ2n) is 2.77. The normalized spacial score (nSPS) is 10.4. The average molecular weight is 223 g/mol. The van der Waals surface area contributed by atoms with Crippen molar-refractivity contribution in [3.63, 3.8) is 0 Å². The van der Waals surface area contributed by atoms with Crippen LogP contribution in [0.3, 0.4) is 0 Å². The molecule has 2 nitrogen and oxygen atoms in total. The van der Waals surface area contributed by atoms with E-state index in [0.717, 1.165) is 16.3 Å². The van der Waals surface area contributed by atoms with Gasteiger partial charge in [-0.25, -0.2) is 4.98 Å². The fourth-order valence-corrected chi connectivity index (χ4v) is 2.10. The molecule has 2 rings (SSSR count). The van der Waals surface area contributed by atoms with Crippen LogP contribution in [-0.4, -0.2) is 4.98 Å². The molecule has 1 heterocycles. The van der Waals surface area contributed by atoms with Crippen LogP contribution in [0.1, 0.15) is 5.01 Å². The Kier molecular flexibility index (Phi) is 3.18. The molecule has 0 spiro atoms. The Morgan fingerprint density at radius 1 is 1.29 bits per heavy atom. The van der Waals surface area contributed by atoms with Gasteiger partial charge in [0, 0.05) is 10.9 Å². The maximum absolute atomic E-state index is 4.72. The third-order valence-corrected chi connectivity index (χ3v) is 2.76. The van der Waals surface area contributed by atoms with Gasteiger partial charge in [-0.3, -0.25) is 0 Å². The smallest absolute Gasteiger partial charge is 0.120 e. The van der Waals surface area contributed by atoms with Crippen molar-refractivity contribution in [2.45, 2.75) is 6.61 Å². The predicted molar refractivity (Wildman–Crippen MR) is 61.3 cm³/mol. The Balaban J connectivity index is 2.25. The van der Waals surface area contributed by atoms with E-state index in [1.54, 1.807) is 11.3 Å². The topological polar surface area (TPSA) is 22.1 Å². The third-order valence-electron chi connectivity index (χ3n) is 1.81. The highest BCUT2D eigenvalue weighted by molar-refractivity contribution is 7.75. The number of thiol groups is 1. The lowest BCUT2D eigenvalue weighted by Gasteiger charge is -1.94. The van der Waals surface area contributed by atoms with Crippen LogP contribution in [0.5, 0.6) is 0 Å². The second-order valence-corrected chi connectivity index (χ2v) is 3.97. The monoisotopic (exact) mass is 223 g/mol. The second kappa shape index (κ2) is 4.59. The van der Waals surface area contributed by atoms with E-state index < -0.39 is 0 Å². The van der Waals surface area contributed by atoms with E-state index in [9.17, 15) is 0 Å². The Hall–Kier alpha value is -0.840. The summed E-state index contributed by atoms with van der Waals surface area (Å²) in [6.07, 6.45) is 0. The summed E-state index contributed by atoms with van der Waals surface area (Å²) < 4.78 is 4.72. The van der Waals surface area contributed by atoms with Gasteiger partial charge < -0.3 is 4.18 Å². The summed E-state index contributed by atoms with van der Waals surface area (Å²) in [5.41, 5.74) is 2.13. The summed E-state index contributed by atoms with van der Waals surface area (Å²) in [6, 6.07) is 10.1. The molecule has 14 heavy (non-hydrogen) atoms. The number of rotatable bonds is 3. The third kappa shape index (κ3) is 2.15. The highest BCUT2D eigenvalue weighted by Gasteiger charge is 2.02. The van der Waals surface area contributed by atoms with Crippen LogP contribution >= 0.6 is 24.2 Å². The van der Waals surface area contributed by atoms with E-state index in [0.29, 0.717) is 6.61 Å². The van der Waals surface area contributed by atoms with E-state index in [1.165, 1.54) is 0 Å². The zero-order valence-corrected chi connectivity index (χ0v) is 9.09. The van der Waals surface area contributed by atoms with Crippen molar-refractivity contribution >= 4 is 24.2 Å². The zero-order valence-electron chi connectivity index (χ0n) is 7.38. The Morgan fingerprint density at radius 3 is 2.79 bits per heavy atom. The van der Waals surface area contributed by atoms with E-state index in [-0.39, 0.29) is 0 Å². The van der Waals surface area contributed by atoms with Gasteiger partial charge in [0.15, 0.2) is 0 Å². The van der Waals surface area contributed by atoms with Crippen LogP contribution in [0, 0.1) is 0 Å². The fraction of sp³-hybridized carbons (Fsp3) is 0.100. The number of hydrogen-bond acceptors (Lipinski definition) is 4. The highest BCUT2D eigenvalue weighted by Crippen LogP contribution is 2.21. The summed E-state index contributed by atoms with van der Waals surface area (Å²) >= 11 is 5.28. The molecule has 1 aromatic carbocycles. The molecule has 0 saturated carbocycles. The molecule has 0 unspecified atom stereocenters. The molecular formula is C10H9NOS2. The van der Waals surface area contributed by atoms with Gasteiger partial charge in [-0.1, -0.05) is 30.3 Å². The highest BCUT2D eigenvalue weighted by atomic mass is 32.1. The standard InChI is InChI=1S/C10H9NOS2/c13-12-6-10-11-9(7-14-10)8-4-2-1-3-5-8/h1-5,7,13H,6H2. The Morgan fingerprint density at radius 2 is 2.07 bits per heavy atom. The number of hydrogen-bond donors (Lipinski definition) is 1. The molecule has 0 fully saturated rings. The molecule has 0 amide bonds. The van der Waals surface area contributed by atoms with Crippen LogP contribution in [0.2, 0.25) is 0 Å². The minimum atomic E-state index is 0.459. The van der Waals surface area contributed by atoms with Crippen molar-refractivity contribution in [2.75, 3.05) is 0 Å². The van der Waals surface area contributed by atoms with Crippen LogP contribution in [0.15, 0.2) is 35.7 Å². The molecule has 0 radical (unpaired) electrons. The van der Waals surface area contributed by atoms with Crippen molar-refractivity contribution < 1.29 is 4.18 Å². The first-order chi connectivity index (χ1) is 6.90. The lowest BCUT2D eigenvalue weighted by atomic mass is 10.2. The molecule has 72 valence electrons. The van der Waals surface area contributed by atoms with E-state index >= 15 is 0 Å². The first kappa shape index (κ1) is 9.71. The lowest BCUT2D eigenvalue weighted by Crippen LogP contribution is -1.82. The predicted octanol–water partition coefficient (Wildman–Crippen LogP) is 3.17. The summed E-state index contributed by atoms with van der Waals surface area (Å²) in [6.45, 7) is 0.459. The molecule has 0 aliphatic heterocycles. The maximum atomic E-state index is 4.72. The quantitative estimate of drug-likeness (QED) is 0.637. The molecular weight excluding hydrogens is 214 g/mol. The van der Waals surface area contributed by atoms with E-state index in [1.807, 2.05) is 35.7 Å². The first-order valence-corrected chi connectivity index (χ1v) is 5.41. The van der Waals surface area contributed by atoms with Crippen LogP contribution in [0.25, 0.3) is 11.3 Å². The molecule has 0 aliphatic rings. The Labute approximate surface area is 92.2 Å². The Bertz CT molecular complexity index is 400. The number of aromatic nitrogens is 1. The van der Waals surface area contributed by atoms with Crippen molar-refractivity contribution in [3.05, 3.63) is 40.7 Å². The van der Waals surface area contributed by atoms with E-state index in [2.05, 4.69) is 17.9 Å². The van der Waals surface area contributed by atoms with E-state index in [4.69, 9.17) is 4.18 Å². The zero-order chi connectivity index (χ0) is 9.80. The van der Waals surface area contributed by atoms with Crippen LogP contribution < -0.4 is 0 Å². The van der Waals surface area contributed by atoms with Gasteiger partial charge >= 0.3 is 0 Å². The molecule has 0 saturated heterocycles. The van der Waals surface area contributed by atoms with Crippen LogP contribution in [0.4, 0.5) is 0 Å². The minimum Gasteiger partial charge on any atom is -0.311 e. The molecule has 1 aromatic heterocycles. The van der Waals surface area contributed by atoms with Gasteiger partial charge in [0.1, 0.15) is 11.6 Å². The maximum Gasteiger partial charge on any atom is 0.120 e. The van der Waals surface area contributed by atoms with Crippen molar-refractivity contribution in [2.24, 2.45) is 0 Å². The lowest BCUT2D eigenvalue weighted by molar-refractivity contribution is 0.371. The minimum absolute atomic E-state index is 0.459. The summed E-state index contributed by atoms with van der Waals surface area (Å²) in [7, 11) is 0. The fourth-order valence-electron chi connectivity index (χ4n) is 1.17. The molecule has 0 aliphatic carbocycles. The number of nitrogens with zero attached hydrogens (tertiary/aromatic N) is 1.